The Morgan fingerprint density at radius 2 is 1.93 bits per heavy atom. The predicted molar refractivity (Wildman–Crippen MR) is 56.6 cm³/mol. The number of hydrogen-bond acceptors (Lipinski definition) is 3. The highest BCUT2D eigenvalue weighted by Crippen LogP contribution is 2.12. The van der Waals surface area contributed by atoms with Crippen LogP contribution < -0.4 is 0 Å². The quantitative estimate of drug-likeness (QED) is 0.728. The van der Waals surface area contributed by atoms with Crippen LogP contribution in [0.5, 0.6) is 0 Å². The predicted octanol–water partition coefficient (Wildman–Crippen LogP) is 1.61. The van der Waals surface area contributed by atoms with Crippen LogP contribution in [0.4, 0.5) is 0 Å². The molecule has 1 aromatic rings. The van der Waals surface area contributed by atoms with Gasteiger partial charge in [0.15, 0.2) is 0 Å². The smallest absolute Gasteiger partial charge is 0.335 e. The molecule has 14 heavy (non-hydrogen) atoms. The van der Waals surface area contributed by atoms with Crippen LogP contribution in [-0.4, -0.2) is 28.5 Å². The van der Waals surface area contributed by atoms with Gasteiger partial charge >= 0.3 is 5.97 Å². The first-order valence-corrected chi connectivity index (χ1v) is 5.40. The maximum Gasteiger partial charge on any atom is 0.335 e. The molecule has 0 unspecified atom stereocenters. The molecule has 0 saturated carbocycles. The molecule has 4 heteroatoms. The van der Waals surface area contributed by atoms with Crippen molar-refractivity contribution in [3.8, 4) is 0 Å². The first kappa shape index (κ1) is 11.1. The lowest BCUT2D eigenvalue weighted by Crippen LogP contribution is -1.95. The first-order valence-electron chi connectivity index (χ1n) is 4.25. The maximum absolute atomic E-state index is 10.5. The van der Waals surface area contributed by atoms with Crippen molar-refractivity contribution >= 4 is 17.7 Å². The fourth-order valence-electron chi connectivity index (χ4n) is 0.998. The molecular weight excluding hydrogens is 200 g/mol. The van der Waals surface area contributed by atoms with Crippen LogP contribution >= 0.6 is 11.8 Å². The molecule has 1 rings (SSSR count). The number of thioether (sulfide) groups is 1. The minimum Gasteiger partial charge on any atom is -0.478 e. The lowest BCUT2D eigenvalue weighted by atomic mass is 10.1. The van der Waals surface area contributed by atoms with Gasteiger partial charge in [-0.2, -0.15) is 11.8 Å². The summed E-state index contributed by atoms with van der Waals surface area (Å²) < 4.78 is 0. The Morgan fingerprint density at radius 1 is 1.29 bits per heavy atom. The van der Waals surface area contributed by atoms with Crippen LogP contribution in [0.15, 0.2) is 24.3 Å². The third-order valence-corrected chi connectivity index (χ3v) is 2.71. The summed E-state index contributed by atoms with van der Waals surface area (Å²) in [5, 5.41) is 17.2. The van der Waals surface area contributed by atoms with E-state index in [1.807, 2.05) is 0 Å². The summed E-state index contributed by atoms with van der Waals surface area (Å²) in [4.78, 5) is 10.5. The van der Waals surface area contributed by atoms with Crippen molar-refractivity contribution in [2.24, 2.45) is 0 Å². The zero-order valence-electron chi connectivity index (χ0n) is 7.64. The van der Waals surface area contributed by atoms with E-state index in [1.54, 1.807) is 36.0 Å². The second-order valence-corrected chi connectivity index (χ2v) is 3.88. The summed E-state index contributed by atoms with van der Waals surface area (Å²) in [7, 11) is 0. The lowest BCUT2D eigenvalue weighted by molar-refractivity contribution is 0.0697. The molecule has 0 saturated heterocycles. The fourth-order valence-corrected chi connectivity index (χ4v) is 1.70. The molecular formula is C10H12O3S. The average molecular weight is 212 g/mol. The number of aliphatic hydroxyl groups is 1. The molecule has 1 aromatic carbocycles. The number of carboxylic acid groups (broad SMARTS) is 1. The van der Waals surface area contributed by atoms with Crippen molar-refractivity contribution < 1.29 is 15.0 Å². The van der Waals surface area contributed by atoms with Gasteiger partial charge in [-0.25, -0.2) is 4.79 Å². The van der Waals surface area contributed by atoms with Crippen molar-refractivity contribution in [1.29, 1.82) is 0 Å². The molecule has 0 aromatic heterocycles. The summed E-state index contributed by atoms with van der Waals surface area (Å²) in [6.45, 7) is 0.178. The summed E-state index contributed by atoms with van der Waals surface area (Å²) in [5.74, 6) is 0.612. The maximum atomic E-state index is 10.5. The van der Waals surface area contributed by atoms with Crippen LogP contribution in [0.1, 0.15) is 15.9 Å². The topological polar surface area (TPSA) is 57.5 Å². The molecule has 0 radical (unpaired) electrons. The minimum atomic E-state index is -0.903. The Labute approximate surface area is 86.8 Å². The average Bonchev–Trinajstić information content (AvgIpc) is 2.19. The van der Waals surface area contributed by atoms with Gasteiger partial charge in [0.2, 0.25) is 0 Å². The third kappa shape index (κ3) is 3.40. The number of benzene rings is 1. The van der Waals surface area contributed by atoms with E-state index in [-0.39, 0.29) is 6.61 Å². The van der Waals surface area contributed by atoms with Gasteiger partial charge < -0.3 is 10.2 Å². The van der Waals surface area contributed by atoms with Gasteiger partial charge in [0.25, 0.3) is 0 Å². The summed E-state index contributed by atoms with van der Waals surface area (Å²) in [6, 6.07) is 6.79. The van der Waals surface area contributed by atoms with E-state index in [0.717, 1.165) is 11.3 Å². The van der Waals surface area contributed by atoms with Crippen LogP contribution in [0.25, 0.3) is 0 Å². The number of carboxylic acids is 1. The van der Waals surface area contributed by atoms with E-state index in [0.29, 0.717) is 11.3 Å². The monoisotopic (exact) mass is 212 g/mol. The second-order valence-electron chi connectivity index (χ2n) is 2.78. The van der Waals surface area contributed by atoms with Gasteiger partial charge in [-0.3, -0.25) is 0 Å². The van der Waals surface area contributed by atoms with Crippen molar-refractivity contribution in [1.82, 2.24) is 0 Å². The molecule has 0 aliphatic carbocycles. The van der Waals surface area contributed by atoms with E-state index in [9.17, 15) is 4.79 Å². The Balaban J connectivity index is 2.51. The van der Waals surface area contributed by atoms with E-state index in [1.165, 1.54) is 0 Å². The Bertz CT molecular complexity index is 295. The molecule has 76 valence electrons. The highest BCUT2D eigenvalue weighted by molar-refractivity contribution is 7.98. The fraction of sp³-hybridized carbons (Fsp3) is 0.300. The van der Waals surface area contributed by atoms with Crippen molar-refractivity contribution in [3.63, 3.8) is 0 Å². The van der Waals surface area contributed by atoms with Crippen molar-refractivity contribution in [2.45, 2.75) is 5.75 Å². The Morgan fingerprint density at radius 3 is 2.43 bits per heavy atom. The van der Waals surface area contributed by atoms with Gasteiger partial charge in [0.05, 0.1) is 12.2 Å². The van der Waals surface area contributed by atoms with E-state index in [2.05, 4.69) is 0 Å². The van der Waals surface area contributed by atoms with Crippen LogP contribution in [0.2, 0.25) is 0 Å². The van der Waals surface area contributed by atoms with Crippen LogP contribution in [0.3, 0.4) is 0 Å². The summed E-state index contributed by atoms with van der Waals surface area (Å²) >= 11 is 1.62. The molecule has 3 nitrogen and oxygen atoms in total. The largest absolute Gasteiger partial charge is 0.478 e. The zero-order chi connectivity index (χ0) is 10.4. The van der Waals surface area contributed by atoms with Crippen LogP contribution in [0, 0.1) is 0 Å². The van der Waals surface area contributed by atoms with Gasteiger partial charge in [-0.1, -0.05) is 12.1 Å². The molecule has 0 bridgehead atoms. The molecule has 0 heterocycles. The summed E-state index contributed by atoms with van der Waals surface area (Å²) in [6.07, 6.45) is 0. The molecule has 0 aliphatic rings. The molecule has 2 N–H and O–H groups in total. The Hall–Kier alpha value is -1.00. The lowest BCUT2D eigenvalue weighted by Gasteiger charge is -2.00. The Kier molecular flexibility index (Phi) is 4.49. The standard InChI is InChI=1S/C10H12O3S/c11-5-6-14-7-8-1-3-9(4-2-8)10(12)13/h1-4,11H,5-7H2,(H,12,13). The van der Waals surface area contributed by atoms with Crippen molar-refractivity contribution in [2.75, 3.05) is 12.4 Å². The number of aromatic carboxylic acids is 1. The van der Waals surface area contributed by atoms with Crippen molar-refractivity contribution in [3.05, 3.63) is 35.4 Å². The van der Waals surface area contributed by atoms with Gasteiger partial charge in [-0.05, 0) is 17.7 Å². The van der Waals surface area contributed by atoms with E-state index in [4.69, 9.17) is 10.2 Å². The van der Waals surface area contributed by atoms with Gasteiger partial charge in [-0.15, -0.1) is 0 Å². The molecule has 0 aliphatic heterocycles. The normalized spacial score (nSPS) is 10.1. The highest BCUT2D eigenvalue weighted by Gasteiger charge is 2.01. The van der Waals surface area contributed by atoms with Gasteiger partial charge in [0.1, 0.15) is 0 Å². The minimum absolute atomic E-state index is 0.178. The first-order chi connectivity index (χ1) is 6.74. The molecule has 0 amide bonds. The third-order valence-electron chi connectivity index (χ3n) is 1.71. The number of rotatable bonds is 5. The molecule has 0 spiro atoms. The number of aliphatic hydroxyl groups excluding tert-OH is 1. The molecule has 0 atom stereocenters. The van der Waals surface area contributed by atoms with Gasteiger partial charge in [0, 0.05) is 11.5 Å². The van der Waals surface area contributed by atoms with Crippen LogP contribution in [-0.2, 0) is 5.75 Å². The zero-order valence-corrected chi connectivity index (χ0v) is 8.46. The second kappa shape index (κ2) is 5.67. The number of carbonyl (C=O) groups is 1. The van der Waals surface area contributed by atoms with E-state index >= 15 is 0 Å². The molecule has 0 fully saturated rings. The highest BCUT2D eigenvalue weighted by atomic mass is 32.2. The number of hydrogen-bond donors (Lipinski definition) is 2. The SMILES string of the molecule is O=C(O)c1ccc(CSCCO)cc1. The van der Waals surface area contributed by atoms with E-state index < -0.39 is 5.97 Å². The summed E-state index contributed by atoms with van der Waals surface area (Å²) in [5.41, 5.74) is 1.38.